The summed E-state index contributed by atoms with van der Waals surface area (Å²) in [6, 6.07) is 2.77. The van der Waals surface area contributed by atoms with E-state index in [1.807, 2.05) is 0 Å². The Morgan fingerprint density at radius 3 is 3.08 bits per heavy atom. The highest BCUT2D eigenvalue weighted by Crippen LogP contribution is 2.06. The van der Waals surface area contributed by atoms with Gasteiger partial charge in [0.05, 0.1) is 0 Å². The monoisotopic (exact) mass is 247 g/mol. The summed E-state index contributed by atoms with van der Waals surface area (Å²) >= 11 is 5.19. The fraction of sp³-hybridized carbons (Fsp3) is 0.556. The van der Waals surface area contributed by atoms with E-state index in [1.165, 1.54) is 12.0 Å². The molecule has 0 aliphatic rings. The molecule has 0 radical (unpaired) electrons. The maximum absolute atomic E-state index is 3.46. The quantitative estimate of drug-likeness (QED) is 0.790. The van der Waals surface area contributed by atoms with Crippen LogP contribution in [0.4, 0.5) is 0 Å². The lowest BCUT2D eigenvalue weighted by molar-refractivity contribution is 0.539. The molecule has 1 rings (SSSR count). The molecule has 0 spiro atoms. The second kappa shape index (κ2) is 5.73. The van der Waals surface area contributed by atoms with E-state index in [0.29, 0.717) is 6.04 Å². The lowest BCUT2D eigenvalue weighted by Crippen LogP contribution is -2.25. The van der Waals surface area contributed by atoms with Crippen LogP contribution in [-0.2, 0) is 6.54 Å². The van der Waals surface area contributed by atoms with Crippen LogP contribution in [0.3, 0.4) is 0 Å². The number of halogens is 1. The van der Waals surface area contributed by atoms with Gasteiger partial charge in [-0.25, -0.2) is 0 Å². The highest BCUT2D eigenvalue weighted by Gasteiger charge is 1.99. The van der Waals surface area contributed by atoms with E-state index in [-0.39, 0.29) is 0 Å². The van der Waals surface area contributed by atoms with Crippen molar-refractivity contribution in [1.82, 2.24) is 5.32 Å². The van der Waals surface area contributed by atoms with Crippen molar-refractivity contribution in [3.63, 3.8) is 0 Å². The highest BCUT2D eigenvalue weighted by molar-refractivity contribution is 9.09. The van der Waals surface area contributed by atoms with Crippen molar-refractivity contribution in [1.29, 1.82) is 0 Å². The Bertz CT molecular complexity index is 198. The summed E-state index contributed by atoms with van der Waals surface area (Å²) in [4.78, 5) is 0. The summed E-state index contributed by atoms with van der Waals surface area (Å²) in [6.07, 6.45) is 1.18. The van der Waals surface area contributed by atoms with Gasteiger partial charge in [-0.3, -0.25) is 0 Å². The molecule has 1 nitrogen and oxygen atoms in total. The Labute approximate surface area is 86.3 Å². The van der Waals surface area contributed by atoms with Gasteiger partial charge in [-0.1, -0.05) is 15.9 Å². The molecule has 0 saturated carbocycles. The summed E-state index contributed by atoms with van der Waals surface area (Å²) in [5.74, 6) is 0. The number of rotatable bonds is 5. The average Bonchev–Trinajstić information content (AvgIpc) is 2.53. The average molecular weight is 248 g/mol. The van der Waals surface area contributed by atoms with Crippen molar-refractivity contribution >= 4 is 27.3 Å². The molecule has 0 amide bonds. The molecular formula is C9H14BrNS. The van der Waals surface area contributed by atoms with Gasteiger partial charge in [0.1, 0.15) is 0 Å². The van der Waals surface area contributed by atoms with Gasteiger partial charge in [0.15, 0.2) is 0 Å². The van der Waals surface area contributed by atoms with E-state index in [4.69, 9.17) is 0 Å². The van der Waals surface area contributed by atoms with E-state index in [0.717, 1.165) is 11.9 Å². The summed E-state index contributed by atoms with van der Waals surface area (Å²) < 4.78 is 0. The maximum Gasteiger partial charge on any atom is 0.0216 e. The minimum absolute atomic E-state index is 0.601. The lowest BCUT2D eigenvalue weighted by atomic mass is 10.2. The smallest absolute Gasteiger partial charge is 0.0216 e. The van der Waals surface area contributed by atoms with Crippen LogP contribution in [0.2, 0.25) is 0 Å². The van der Waals surface area contributed by atoms with Crippen molar-refractivity contribution in [3.05, 3.63) is 22.4 Å². The van der Waals surface area contributed by atoms with E-state index >= 15 is 0 Å². The SMILES string of the molecule is CC(CCBr)NCc1ccsc1. The van der Waals surface area contributed by atoms with Gasteiger partial charge in [-0.15, -0.1) is 0 Å². The van der Waals surface area contributed by atoms with Crippen LogP contribution >= 0.6 is 27.3 Å². The third kappa shape index (κ3) is 3.70. The molecule has 1 heterocycles. The van der Waals surface area contributed by atoms with Crippen LogP contribution in [0.25, 0.3) is 0 Å². The van der Waals surface area contributed by atoms with Crippen molar-refractivity contribution in [2.24, 2.45) is 0 Å². The molecule has 12 heavy (non-hydrogen) atoms. The van der Waals surface area contributed by atoms with Gasteiger partial charge in [0.2, 0.25) is 0 Å². The number of thiophene rings is 1. The second-order valence-corrected chi connectivity index (χ2v) is 4.46. The third-order valence-electron chi connectivity index (χ3n) is 1.78. The Morgan fingerprint density at radius 2 is 2.50 bits per heavy atom. The number of alkyl halides is 1. The Hall–Kier alpha value is 0.140. The molecule has 1 atom stereocenters. The molecule has 0 aliphatic carbocycles. The van der Waals surface area contributed by atoms with Gasteiger partial charge < -0.3 is 5.32 Å². The zero-order valence-electron chi connectivity index (χ0n) is 7.22. The highest BCUT2D eigenvalue weighted by atomic mass is 79.9. The zero-order chi connectivity index (χ0) is 8.81. The first-order chi connectivity index (χ1) is 5.83. The summed E-state index contributed by atoms with van der Waals surface area (Å²) in [7, 11) is 0. The molecule has 3 heteroatoms. The molecule has 68 valence electrons. The number of nitrogens with one attached hydrogen (secondary N) is 1. The van der Waals surface area contributed by atoms with E-state index in [2.05, 4.69) is 45.0 Å². The van der Waals surface area contributed by atoms with Crippen molar-refractivity contribution < 1.29 is 0 Å². The first kappa shape index (κ1) is 10.2. The normalized spacial score (nSPS) is 13.2. The summed E-state index contributed by atoms with van der Waals surface area (Å²) in [5, 5.41) is 8.84. The summed E-state index contributed by atoms with van der Waals surface area (Å²) in [5.41, 5.74) is 1.39. The Kier molecular flexibility index (Phi) is 4.88. The van der Waals surface area contributed by atoms with Crippen molar-refractivity contribution in [2.75, 3.05) is 5.33 Å². The lowest BCUT2D eigenvalue weighted by Gasteiger charge is -2.10. The molecule has 1 N–H and O–H groups in total. The fourth-order valence-electron chi connectivity index (χ4n) is 0.951. The number of hydrogen-bond donors (Lipinski definition) is 1. The van der Waals surface area contributed by atoms with E-state index < -0.39 is 0 Å². The predicted molar refractivity (Wildman–Crippen MR) is 59.0 cm³/mol. The second-order valence-electron chi connectivity index (χ2n) is 2.89. The number of hydrogen-bond acceptors (Lipinski definition) is 2. The first-order valence-electron chi connectivity index (χ1n) is 4.13. The molecule has 0 bridgehead atoms. The molecule has 1 unspecified atom stereocenters. The minimum Gasteiger partial charge on any atom is -0.310 e. The minimum atomic E-state index is 0.601. The standard InChI is InChI=1S/C9H14BrNS/c1-8(2-4-10)11-6-9-3-5-12-7-9/h3,5,7-8,11H,2,4,6H2,1H3. The van der Waals surface area contributed by atoms with E-state index in [9.17, 15) is 0 Å². The van der Waals surface area contributed by atoms with Gasteiger partial charge in [0.25, 0.3) is 0 Å². The first-order valence-corrected chi connectivity index (χ1v) is 6.20. The predicted octanol–water partition coefficient (Wildman–Crippen LogP) is 3.01. The summed E-state index contributed by atoms with van der Waals surface area (Å²) in [6.45, 7) is 3.21. The van der Waals surface area contributed by atoms with Crippen LogP contribution in [0.5, 0.6) is 0 Å². The van der Waals surface area contributed by atoms with Gasteiger partial charge in [0, 0.05) is 17.9 Å². The van der Waals surface area contributed by atoms with Crippen molar-refractivity contribution in [3.8, 4) is 0 Å². The Balaban J connectivity index is 2.17. The van der Waals surface area contributed by atoms with Crippen LogP contribution in [0, 0.1) is 0 Å². The topological polar surface area (TPSA) is 12.0 Å². The third-order valence-corrected chi connectivity index (χ3v) is 2.97. The van der Waals surface area contributed by atoms with Crippen LogP contribution < -0.4 is 5.32 Å². The molecule has 0 saturated heterocycles. The van der Waals surface area contributed by atoms with Crippen LogP contribution in [0.1, 0.15) is 18.9 Å². The zero-order valence-corrected chi connectivity index (χ0v) is 9.62. The fourth-order valence-corrected chi connectivity index (χ4v) is 2.31. The molecule has 0 aliphatic heterocycles. The van der Waals surface area contributed by atoms with Gasteiger partial charge >= 0.3 is 0 Å². The molecule has 1 aromatic heterocycles. The van der Waals surface area contributed by atoms with Gasteiger partial charge in [-0.05, 0) is 35.7 Å². The maximum atomic E-state index is 3.46. The molecule has 0 fully saturated rings. The van der Waals surface area contributed by atoms with Crippen LogP contribution in [-0.4, -0.2) is 11.4 Å². The molecule has 0 aromatic carbocycles. The van der Waals surface area contributed by atoms with Gasteiger partial charge in [-0.2, -0.15) is 11.3 Å². The molecular weight excluding hydrogens is 234 g/mol. The van der Waals surface area contributed by atoms with Crippen LogP contribution in [0.15, 0.2) is 16.8 Å². The Morgan fingerprint density at radius 1 is 1.67 bits per heavy atom. The van der Waals surface area contributed by atoms with Crippen molar-refractivity contribution in [2.45, 2.75) is 25.9 Å². The molecule has 1 aromatic rings. The van der Waals surface area contributed by atoms with E-state index in [1.54, 1.807) is 11.3 Å². The largest absolute Gasteiger partial charge is 0.310 e.